The van der Waals surface area contributed by atoms with E-state index in [9.17, 15) is 0 Å². The number of nitrogens with zero attached hydrogens (tertiary/aromatic N) is 1. The standard InChI is InChI=1S/C18H18N2/c1-14-4-2-3-5-17(14)12-20-11-15-6-7-18-13-19-9-8-16(18)10-15/h2-10,13,20H,11-12H2,1H3. The zero-order valence-electron chi connectivity index (χ0n) is 11.6. The summed E-state index contributed by atoms with van der Waals surface area (Å²) >= 11 is 0. The molecule has 1 N–H and O–H groups in total. The van der Waals surface area contributed by atoms with Crippen LogP contribution in [-0.2, 0) is 13.1 Å². The molecule has 3 aromatic rings. The van der Waals surface area contributed by atoms with E-state index in [1.807, 2.05) is 12.4 Å². The van der Waals surface area contributed by atoms with Gasteiger partial charge in [-0.1, -0.05) is 36.4 Å². The number of rotatable bonds is 4. The van der Waals surface area contributed by atoms with Crippen LogP contribution in [0.15, 0.2) is 60.9 Å². The van der Waals surface area contributed by atoms with Gasteiger partial charge in [0.15, 0.2) is 0 Å². The van der Waals surface area contributed by atoms with Crippen molar-refractivity contribution in [2.45, 2.75) is 20.0 Å². The van der Waals surface area contributed by atoms with Gasteiger partial charge in [0.25, 0.3) is 0 Å². The van der Waals surface area contributed by atoms with Crippen molar-refractivity contribution in [3.05, 3.63) is 77.6 Å². The lowest BCUT2D eigenvalue weighted by molar-refractivity contribution is 0.691. The Bertz CT molecular complexity index is 719. The molecule has 0 radical (unpaired) electrons. The first-order chi connectivity index (χ1) is 9.83. The molecule has 100 valence electrons. The van der Waals surface area contributed by atoms with Gasteiger partial charge in [0.2, 0.25) is 0 Å². The highest BCUT2D eigenvalue weighted by Gasteiger charge is 1.99. The fourth-order valence-corrected chi connectivity index (χ4v) is 2.39. The molecule has 0 aliphatic rings. The number of fused-ring (bicyclic) bond motifs is 1. The smallest absolute Gasteiger partial charge is 0.0346 e. The molecule has 0 saturated heterocycles. The Labute approximate surface area is 119 Å². The zero-order chi connectivity index (χ0) is 13.8. The molecule has 20 heavy (non-hydrogen) atoms. The molecule has 0 unspecified atom stereocenters. The fourth-order valence-electron chi connectivity index (χ4n) is 2.39. The minimum atomic E-state index is 0.882. The third-order valence-electron chi connectivity index (χ3n) is 3.61. The number of hydrogen-bond acceptors (Lipinski definition) is 2. The van der Waals surface area contributed by atoms with Gasteiger partial charge in [-0.05, 0) is 41.1 Å². The second kappa shape index (κ2) is 5.85. The highest BCUT2D eigenvalue weighted by atomic mass is 14.8. The van der Waals surface area contributed by atoms with Crippen LogP contribution in [-0.4, -0.2) is 4.98 Å². The minimum absolute atomic E-state index is 0.882. The summed E-state index contributed by atoms with van der Waals surface area (Å²) in [7, 11) is 0. The molecule has 0 aliphatic carbocycles. The number of nitrogens with one attached hydrogen (secondary N) is 1. The van der Waals surface area contributed by atoms with Crippen LogP contribution < -0.4 is 5.32 Å². The second-order valence-electron chi connectivity index (χ2n) is 5.09. The summed E-state index contributed by atoms with van der Waals surface area (Å²) in [6.07, 6.45) is 3.74. The molecule has 1 heterocycles. The van der Waals surface area contributed by atoms with Gasteiger partial charge in [-0.3, -0.25) is 4.98 Å². The molecule has 0 saturated carbocycles. The molecule has 2 nitrogen and oxygen atoms in total. The van der Waals surface area contributed by atoms with Crippen molar-refractivity contribution in [3.8, 4) is 0 Å². The lowest BCUT2D eigenvalue weighted by atomic mass is 10.1. The van der Waals surface area contributed by atoms with Crippen molar-refractivity contribution < 1.29 is 0 Å². The van der Waals surface area contributed by atoms with Gasteiger partial charge in [-0.2, -0.15) is 0 Å². The molecule has 2 aromatic carbocycles. The summed E-state index contributed by atoms with van der Waals surface area (Å²) in [4.78, 5) is 4.14. The van der Waals surface area contributed by atoms with Gasteiger partial charge in [0.1, 0.15) is 0 Å². The Morgan fingerprint density at radius 1 is 0.950 bits per heavy atom. The topological polar surface area (TPSA) is 24.9 Å². The lowest BCUT2D eigenvalue weighted by Crippen LogP contribution is -2.13. The van der Waals surface area contributed by atoms with Crippen LogP contribution in [0, 0.1) is 6.92 Å². The third-order valence-corrected chi connectivity index (χ3v) is 3.61. The van der Waals surface area contributed by atoms with Crippen LogP contribution in [0.2, 0.25) is 0 Å². The molecule has 0 bridgehead atoms. The zero-order valence-corrected chi connectivity index (χ0v) is 11.6. The van der Waals surface area contributed by atoms with Crippen molar-refractivity contribution in [1.29, 1.82) is 0 Å². The fraction of sp³-hybridized carbons (Fsp3) is 0.167. The number of aromatic nitrogens is 1. The first kappa shape index (κ1) is 12.8. The highest BCUT2D eigenvalue weighted by Crippen LogP contribution is 2.14. The molecular weight excluding hydrogens is 244 g/mol. The molecule has 0 atom stereocenters. The summed E-state index contributed by atoms with van der Waals surface area (Å²) in [5, 5.41) is 5.94. The summed E-state index contributed by atoms with van der Waals surface area (Å²) < 4.78 is 0. The van der Waals surface area contributed by atoms with E-state index in [4.69, 9.17) is 0 Å². The Hall–Kier alpha value is -2.19. The van der Waals surface area contributed by atoms with Crippen LogP contribution in [0.4, 0.5) is 0 Å². The van der Waals surface area contributed by atoms with Crippen molar-refractivity contribution in [1.82, 2.24) is 10.3 Å². The largest absolute Gasteiger partial charge is 0.309 e. The van der Waals surface area contributed by atoms with Crippen molar-refractivity contribution in [2.24, 2.45) is 0 Å². The quantitative estimate of drug-likeness (QED) is 0.773. The normalized spacial score (nSPS) is 10.8. The van der Waals surface area contributed by atoms with Crippen LogP contribution in [0.1, 0.15) is 16.7 Å². The molecule has 3 rings (SSSR count). The maximum atomic E-state index is 4.14. The molecule has 0 aliphatic heterocycles. The monoisotopic (exact) mass is 262 g/mol. The van der Waals surface area contributed by atoms with Crippen LogP contribution in [0.3, 0.4) is 0 Å². The van der Waals surface area contributed by atoms with Gasteiger partial charge < -0.3 is 5.32 Å². The number of aryl methyl sites for hydroxylation is 1. The number of hydrogen-bond donors (Lipinski definition) is 1. The maximum absolute atomic E-state index is 4.14. The Kier molecular flexibility index (Phi) is 3.75. The summed E-state index contributed by atoms with van der Waals surface area (Å²) in [6, 6.07) is 17.1. The molecule has 1 aromatic heterocycles. The predicted molar refractivity (Wildman–Crippen MR) is 83.5 cm³/mol. The minimum Gasteiger partial charge on any atom is -0.309 e. The summed E-state index contributed by atoms with van der Waals surface area (Å²) in [6.45, 7) is 3.94. The van der Waals surface area contributed by atoms with Crippen molar-refractivity contribution in [2.75, 3.05) is 0 Å². The van der Waals surface area contributed by atoms with Gasteiger partial charge in [-0.15, -0.1) is 0 Å². The highest BCUT2D eigenvalue weighted by molar-refractivity contribution is 5.81. The van der Waals surface area contributed by atoms with Crippen LogP contribution in [0.25, 0.3) is 10.8 Å². The molecule has 0 spiro atoms. The Balaban J connectivity index is 1.67. The maximum Gasteiger partial charge on any atom is 0.0346 e. The summed E-state index contributed by atoms with van der Waals surface area (Å²) in [5.74, 6) is 0. The van der Waals surface area contributed by atoms with Gasteiger partial charge in [0, 0.05) is 30.9 Å². The Morgan fingerprint density at radius 3 is 2.75 bits per heavy atom. The van der Waals surface area contributed by atoms with E-state index in [0.29, 0.717) is 0 Å². The number of pyridine rings is 1. The van der Waals surface area contributed by atoms with Crippen molar-refractivity contribution >= 4 is 10.8 Å². The van der Waals surface area contributed by atoms with Crippen LogP contribution >= 0.6 is 0 Å². The van der Waals surface area contributed by atoms with Crippen molar-refractivity contribution in [3.63, 3.8) is 0 Å². The lowest BCUT2D eigenvalue weighted by Gasteiger charge is -2.08. The van der Waals surface area contributed by atoms with E-state index >= 15 is 0 Å². The van der Waals surface area contributed by atoms with E-state index in [0.717, 1.165) is 13.1 Å². The molecular formula is C18H18N2. The van der Waals surface area contributed by atoms with E-state index in [-0.39, 0.29) is 0 Å². The van der Waals surface area contributed by atoms with E-state index in [1.165, 1.54) is 27.5 Å². The molecule has 0 amide bonds. The van der Waals surface area contributed by atoms with Gasteiger partial charge in [-0.25, -0.2) is 0 Å². The first-order valence-electron chi connectivity index (χ1n) is 6.91. The predicted octanol–water partition coefficient (Wildman–Crippen LogP) is 3.83. The van der Waals surface area contributed by atoms with E-state index < -0.39 is 0 Å². The first-order valence-corrected chi connectivity index (χ1v) is 6.91. The van der Waals surface area contributed by atoms with Gasteiger partial charge >= 0.3 is 0 Å². The van der Waals surface area contributed by atoms with E-state index in [2.05, 4.69) is 65.8 Å². The van der Waals surface area contributed by atoms with Gasteiger partial charge in [0.05, 0.1) is 0 Å². The molecule has 2 heteroatoms. The average Bonchev–Trinajstić information content (AvgIpc) is 2.49. The Morgan fingerprint density at radius 2 is 1.85 bits per heavy atom. The SMILES string of the molecule is Cc1ccccc1CNCc1ccc2cnccc2c1. The number of benzene rings is 2. The molecule has 0 fully saturated rings. The van der Waals surface area contributed by atoms with Crippen LogP contribution in [0.5, 0.6) is 0 Å². The second-order valence-corrected chi connectivity index (χ2v) is 5.09. The average molecular weight is 262 g/mol. The van der Waals surface area contributed by atoms with E-state index in [1.54, 1.807) is 0 Å². The summed E-state index contributed by atoms with van der Waals surface area (Å²) in [5.41, 5.74) is 4.00. The third kappa shape index (κ3) is 2.86.